The number of fused-ring (bicyclic) bond motifs is 1. The van der Waals surface area contributed by atoms with Gasteiger partial charge in [-0.1, -0.05) is 36.4 Å². The van der Waals surface area contributed by atoms with Crippen LogP contribution in [0.2, 0.25) is 0 Å². The van der Waals surface area contributed by atoms with Crippen LogP contribution >= 0.6 is 12.4 Å². The van der Waals surface area contributed by atoms with E-state index in [0.717, 1.165) is 22.5 Å². The Bertz CT molecular complexity index is 994. The fraction of sp³-hybridized carbons (Fsp3) is 0.333. The van der Waals surface area contributed by atoms with Gasteiger partial charge in [0.1, 0.15) is 6.17 Å². The van der Waals surface area contributed by atoms with E-state index in [0.29, 0.717) is 25.2 Å². The van der Waals surface area contributed by atoms with Gasteiger partial charge in [-0.2, -0.15) is 0 Å². The summed E-state index contributed by atoms with van der Waals surface area (Å²) in [7, 11) is 0. The van der Waals surface area contributed by atoms with Gasteiger partial charge in [-0.3, -0.25) is 0 Å². The fourth-order valence-electron chi connectivity index (χ4n) is 3.75. The Morgan fingerprint density at radius 2 is 1.93 bits per heavy atom. The van der Waals surface area contributed by atoms with Crippen molar-refractivity contribution in [3.8, 4) is 0 Å². The summed E-state index contributed by atoms with van der Waals surface area (Å²) >= 11 is 0. The number of aromatic nitrogens is 2. The summed E-state index contributed by atoms with van der Waals surface area (Å²) in [5.41, 5.74) is 9.65. The van der Waals surface area contributed by atoms with Gasteiger partial charge in [0.05, 0.1) is 29.7 Å². The molecule has 1 aliphatic rings. The van der Waals surface area contributed by atoms with Crippen LogP contribution in [0.25, 0.3) is 15.9 Å². The molecule has 28 heavy (non-hydrogen) atoms. The number of rotatable bonds is 3. The van der Waals surface area contributed by atoms with E-state index in [1.807, 2.05) is 42.5 Å². The average molecular weight is 400 g/mol. The lowest BCUT2D eigenvalue weighted by molar-refractivity contribution is 0.243. The number of hydrogen-bond acceptors (Lipinski definition) is 3. The molecule has 3 atom stereocenters. The molecule has 5 nitrogen and oxygen atoms in total. The van der Waals surface area contributed by atoms with Crippen LogP contribution in [0.1, 0.15) is 24.9 Å². The molecule has 3 aromatic rings. The molecule has 0 unspecified atom stereocenters. The van der Waals surface area contributed by atoms with Gasteiger partial charge in [-0.25, -0.2) is 14.2 Å². The third-order valence-corrected chi connectivity index (χ3v) is 5.32. The number of hydrogen-bond donors (Lipinski definition) is 1. The Balaban J connectivity index is 0.00000225. The van der Waals surface area contributed by atoms with E-state index in [1.54, 1.807) is 0 Å². The van der Waals surface area contributed by atoms with E-state index in [9.17, 15) is 4.39 Å². The average Bonchev–Trinajstić information content (AvgIpc) is 3.09. The summed E-state index contributed by atoms with van der Waals surface area (Å²) in [4.78, 5) is 10.4. The Hall–Kier alpha value is -2.62. The quantitative estimate of drug-likeness (QED) is 0.660. The number of halogens is 2. The zero-order chi connectivity index (χ0) is 19.0. The van der Waals surface area contributed by atoms with Crippen LogP contribution in [-0.4, -0.2) is 34.9 Å². The Labute approximate surface area is 170 Å². The van der Waals surface area contributed by atoms with Crippen molar-refractivity contribution >= 4 is 35.1 Å². The molecule has 4 rings (SSSR count). The molecule has 1 fully saturated rings. The number of piperidine rings is 1. The normalized spacial score (nSPS) is 20.4. The largest absolute Gasteiger partial charge is 0.340 e. The van der Waals surface area contributed by atoms with Crippen LogP contribution in [0.15, 0.2) is 48.5 Å². The highest BCUT2D eigenvalue weighted by atomic mass is 35.5. The second kappa shape index (κ2) is 8.17. The highest BCUT2D eigenvalue weighted by molar-refractivity contribution is 5.85. The summed E-state index contributed by atoms with van der Waals surface area (Å²) in [5, 5.41) is 0. The molecule has 2 N–H and O–H groups in total. The predicted molar refractivity (Wildman–Crippen MR) is 113 cm³/mol. The molecular formula is C21H23ClFN5. The molecule has 0 amide bonds. The number of para-hydroxylation sites is 2. The summed E-state index contributed by atoms with van der Waals surface area (Å²) in [6.45, 7) is 10.3. The topological polar surface area (TPSA) is 51.4 Å². The zero-order valence-corrected chi connectivity index (χ0v) is 16.4. The number of benzene rings is 2. The number of nitrogens with two attached hydrogens (primary N) is 1. The number of anilines is 1. The van der Waals surface area contributed by atoms with Gasteiger partial charge < -0.3 is 15.2 Å². The van der Waals surface area contributed by atoms with Crippen molar-refractivity contribution in [2.45, 2.75) is 31.6 Å². The summed E-state index contributed by atoms with van der Waals surface area (Å²) < 4.78 is 16.1. The van der Waals surface area contributed by atoms with E-state index in [2.05, 4.69) is 27.3 Å². The lowest BCUT2D eigenvalue weighted by Crippen LogP contribution is -2.50. The monoisotopic (exact) mass is 399 g/mol. The van der Waals surface area contributed by atoms with Crippen molar-refractivity contribution in [1.29, 1.82) is 0 Å². The van der Waals surface area contributed by atoms with Crippen LogP contribution in [0, 0.1) is 6.57 Å². The van der Waals surface area contributed by atoms with Crippen LogP contribution in [0.4, 0.5) is 16.0 Å². The maximum atomic E-state index is 13.9. The van der Waals surface area contributed by atoms with E-state index in [1.165, 1.54) is 0 Å². The standard InChI is InChI=1S/C21H22FN5.ClH/c1-14(15-7-9-16(24-2)10-8-15)27-20-6-4-3-5-19(20)25-21(27)26-12-11-17(22)18(23)13-26;/h3-10,14,17-18H,11-13,23H2,1H3;1H/t14-,17-,18+;/m0./s1. The zero-order valence-electron chi connectivity index (χ0n) is 15.6. The molecule has 146 valence electrons. The van der Waals surface area contributed by atoms with Crippen LogP contribution in [0.5, 0.6) is 0 Å². The van der Waals surface area contributed by atoms with Crippen LogP contribution in [0.3, 0.4) is 0 Å². The van der Waals surface area contributed by atoms with Crippen LogP contribution in [-0.2, 0) is 0 Å². The number of alkyl halides is 1. The second-order valence-corrected chi connectivity index (χ2v) is 7.06. The van der Waals surface area contributed by atoms with Crippen LogP contribution < -0.4 is 10.6 Å². The predicted octanol–water partition coefficient (Wildman–Crippen LogP) is 4.49. The van der Waals surface area contributed by atoms with Gasteiger partial charge in [0.2, 0.25) is 5.95 Å². The highest BCUT2D eigenvalue weighted by Gasteiger charge is 2.30. The molecule has 0 saturated carbocycles. The molecule has 0 bridgehead atoms. The van der Waals surface area contributed by atoms with Crippen molar-refractivity contribution in [2.24, 2.45) is 5.73 Å². The first-order valence-electron chi connectivity index (χ1n) is 9.17. The Morgan fingerprint density at radius 3 is 2.61 bits per heavy atom. The van der Waals surface area contributed by atoms with Gasteiger partial charge in [-0.05, 0) is 31.0 Å². The fourth-order valence-corrected chi connectivity index (χ4v) is 3.75. The van der Waals surface area contributed by atoms with Crippen molar-refractivity contribution in [3.63, 3.8) is 0 Å². The third-order valence-electron chi connectivity index (χ3n) is 5.32. The van der Waals surface area contributed by atoms with Crippen molar-refractivity contribution in [1.82, 2.24) is 9.55 Å². The van der Waals surface area contributed by atoms with Gasteiger partial charge in [0, 0.05) is 13.1 Å². The first-order chi connectivity index (χ1) is 13.1. The minimum absolute atomic E-state index is 0. The molecule has 2 aromatic carbocycles. The maximum absolute atomic E-state index is 13.9. The van der Waals surface area contributed by atoms with Crippen molar-refractivity contribution in [2.75, 3.05) is 18.0 Å². The summed E-state index contributed by atoms with van der Waals surface area (Å²) in [6.07, 6.45) is -0.545. The minimum Gasteiger partial charge on any atom is -0.340 e. The Morgan fingerprint density at radius 1 is 1.21 bits per heavy atom. The molecule has 0 aliphatic carbocycles. The lowest BCUT2D eigenvalue weighted by atomic mass is 10.0. The molecule has 1 aromatic heterocycles. The smallest absolute Gasteiger partial charge is 0.207 e. The molecule has 0 spiro atoms. The Kier molecular flexibility index (Phi) is 5.87. The molecule has 1 saturated heterocycles. The first-order valence-corrected chi connectivity index (χ1v) is 9.17. The van der Waals surface area contributed by atoms with Gasteiger partial charge in [-0.15, -0.1) is 12.4 Å². The van der Waals surface area contributed by atoms with E-state index < -0.39 is 12.2 Å². The SMILES string of the molecule is Cl.[C-]#[N+]c1ccc([C@H](C)n2c(N3CC[C@H](F)[C@H](N)C3)nc3ccccc32)cc1. The summed E-state index contributed by atoms with van der Waals surface area (Å²) in [6, 6.07) is 15.2. The molecule has 2 heterocycles. The molecule has 1 aliphatic heterocycles. The van der Waals surface area contributed by atoms with Gasteiger partial charge >= 0.3 is 0 Å². The highest BCUT2D eigenvalue weighted by Crippen LogP contribution is 2.32. The molecule has 7 heteroatoms. The third kappa shape index (κ3) is 3.56. The summed E-state index contributed by atoms with van der Waals surface area (Å²) in [5.74, 6) is 0.820. The van der Waals surface area contributed by atoms with Crippen molar-refractivity contribution < 1.29 is 4.39 Å². The van der Waals surface area contributed by atoms with Gasteiger partial charge in [0.25, 0.3) is 0 Å². The molecular weight excluding hydrogens is 377 g/mol. The number of imidazole rings is 1. The van der Waals surface area contributed by atoms with Crippen molar-refractivity contribution in [3.05, 3.63) is 65.5 Å². The van der Waals surface area contributed by atoms with E-state index >= 15 is 0 Å². The van der Waals surface area contributed by atoms with E-state index in [-0.39, 0.29) is 18.4 Å². The van der Waals surface area contributed by atoms with E-state index in [4.69, 9.17) is 17.3 Å². The first kappa shape index (κ1) is 20.1. The minimum atomic E-state index is -0.960. The second-order valence-electron chi connectivity index (χ2n) is 7.06. The van der Waals surface area contributed by atoms with Gasteiger partial charge in [0.15, 0.2) is 5.69 Å². The maximum Gasteiger partial charge on any atom is 0.207 e. The number of nitrogens with zero attached hydrogens (tertiary/aromatic N) is 4. The molecule has 0 radical (unpaired) electrons. The lowest BCUT2D eigenvalue weighted by Gasteiger charge is -2.35.